The van der Waals surface area contributed by atoms with Gasteiger partial charge in [-0.15, -0.1) is 10.2 Å². The van der Waals surface area contributed by atoms with E-state index in [0.717, 1.165) is 43.9 Å². The van der Waals surface area contributed by atoms with Crippen LogP contribution in [-0.2, 0) is 4.79 Å². The number of carbonyl (C=O) groups excluding carboxylic acids is 1. The first-order chi connectivity index (χ1) is 8.83. The molecule has 1 amide bonds. The Bertz CT molecular complexity index is 396. The van der Waals surface area contributed by atoms with Gasteiger partial charge in [0.15, 0.2) is 0 Å². The quantitative estimate of drug-likeness (QED) is 0.899. The third kappa shape index (κ3) is 2.48. The van der Waals surface area contributed by atoms with Crippen LogP contribution in [0.5, 0.6) is 0 Å². The molecule has 1 aromatic rings. The van der Waals surface area contributed by atoms with Crippen molar-refractivity contribution in [2.75, 3.05) is 18.0 Å². The fraction of sp³-hybridized carbons (Fsp3) is 0.750. The molecule has 1 N–H and O–H groups in total. The molecule has 0 aromatic carbocycles. The van der Waals surface area contributed by atoms with Crippen molar-refractivity contribution in [2.45, 2.75) is 38.1 Å². The van der Waals surface area contributed by atoms with Crippen LogP contribution in [0, 0.1) is 5.92 Å². The number of piperidine rings is 1. The molecule has 1 saturated carbocycles. The van der Waals surface area contributed by atoms with Crippen molar-refractivity contribution < 1.29 is 4.79 Å². The van der Waals surface area contributed by atoms with Gasteiger partial charge in [-0.2, -0.15) is 0 Å². The van der Waals surface area contributed by atoms with E-state index < -0.39 is 0 Å². The van der Waals surface area contributed by atoms with Crippen LogP contribution >= 0.6 is 11.3 Å². The van der Waals surface area contributed by atoms with Crippen LogP contribution in [0.3, 0.4) is 0 Å². The van der Waals surface area contributed by atoms with Crippen molar-refractivity contribution >= 4 is 22.4 Å². The fourth-order valence-corrected chi connectivity index (χ4v) is 3.12. The smallest absolute Gasteiger partial charge is 0.223 e. The zero-order chi connectivity index (χ0) is 12.4. The lowest BCUT2D eigenvalue weighted by molar-refractivity contribution is -0.128. The highest BCUT2D eigenvalue weighted by Gasteiger charge is 2.28. The SMILES string of the molecule is O=C(NC1CCN(c2nncs2)CC1)C1CCC1. The summed E-state index contributed by atoms with van der Waals surface area (Å²) >= 11 is 1.58. The van der Waals surface area contributed by atoms with Crippen LogP contribution in [0.25, 0.3) is 0 Å². The van der Waals surface area contributed by atoms with E-state index in [2.05, 4.69) is 20.4 Å². The lowest BCUT2D eigenvalue weighted by Crippen LogP contribution is -2.47. The number of rotatable bonds is 3. The van der Waals surface area contributed by atoms with Gasteiger partial charge in [-0.05, 0) is 25.7 Å². The highest BCUT2D eigenvalue weighted by Crippen LogP contribution is 2.27. The summed E-state index contributed by atoms with van der Waals surface area (Å²) in [6.07, 6.45) is 5.40. The van der Waals surface area contributed by atoms with Gasteiger partial charge in [0.25, 0.3) is 0 Å². The van der Waals surface area contributed by atoms with Crippen molar-refractivity contribution in [3.63, 3.8) is 0 Å². The molecule has 3 rings (SSSR count). The van der Waals surface area contributed by atoms with Gasteiger partial charge in [-0.3, -0.25) is 4.79 Å². The number of nitrogens with one attached hydrogen (secondary N) is 1. The predicted octanol–water partition coefficient (Wildman–Crippen LogP) is 1.42. The van der Waals surface area contributed by atoms with Crippen molar-refractivity contribution in [1.82, 2.24) is 15.5 Å². The van der Waals surface area contributed by atoms with Crippen LogP contribution in [-0.4, -0.2) is 35.2 Å². The zero-order valence-electron chi connectivity index (χ0n) is 10.3. The van der Waals surface area contributed by atoms with E-state index in [1.807, 2.05) is 0 Å². The van der Waals surface area contributed by atoms with Gasteiger partial charge in [0, 0.05) is 25.0 Å². The normalized spacial score (nSPS) is 21.7. The Morgan fingerprint density at radius 1 is 1.33 bits per heavy atom. The first-order valence-electron chi connectivity index (χ1n) is 6.64. The van der Waals surface area contributed by atoms with Crippen molar-refractivity contribution in [3.8, 4) is 0 Å². The van der Waals surface area contributed by atoms with Crippen LogP contribution in [0.2, 0.25) is 0 Å². The second-order valence-electron chi connectivity index (χ2n) is 5.12. The lowest BCUT2D eigenvalue weighted by atomic mass is 9.84. The lowest BCUT2D eigenvalue weighted by Gasteiger charge is -2.33. The Morgan fingerprint density at radius 3 is 2.67 bits per heavy atom. The number of hydrogen-bond acceptors (Lipinski definition) is 5. The molecular formula is C12H18N4OS. The van der Waals surface area contributed by atoms with E-state index in [4.69, 9.17) is 0 Å². The van der Waals surface area contributed by atoms with E-state index in [-0.39, 0.29) is 5.91 Å². The van der Waals surface area contributed by atoms with Crippen molar-refractivity contribution in [1.29, 1.82) is 0 Å². The van der Waals surface area contributed by atoms with Crippen LogP contribution in [0.4, 0.5) is 5.13 Å². The molecule has 1 saturated heterocycles. The molecule has 5 nitrogen and oxygen atoms in total. The maximum absolute atomic E-state index is 11.9. The number of aromatic nitrogens is 2. The molecule has 18 heavy (non-hydrogen) atoms. The summed E-state index contributed by atoms with van der Waals surface area (Å²) in [7, 11) is 0. The van der Waals surface area contributed by atoms with Gasteiger partial charge >= 0.3 is 0 Å². The molecule has 0 bridgehead atoms. The average Bonchev–Trinajstić information content (AvgIpc) is 2.81. The molecule has 1 aliphatic heterocycles. The van der Waals surface area contributed by atoms with Gasteiger partial charge in [0.2, 0.25) is 11.0 Å². The molecule has 2 aliphatic rings. The van der Waals surface area contributed by atoms with Crippen LogP contribution in [0.15, 0.2) is 5.51 Å². The summed E-state index contributed by atoms with van der Waals surface area (Å²) < 4.78 is 0. The zero-order valence-corrected chi connectivity index (χ0v) is 11.2. The standard InChI is InChI=1S/C12H18N4OS/c17-11(9-2-1-3-9)14-10-4-6-16(7-5-10)12-15-13-8-18-12/h8-10H,1-7H2,(H,14,17). The summed E-state index contributed by atoms with van der Waals surface area (Å²) in [5.74, 6) is 0.571. The summed E-state index contributed by atoms with van der Waals surface area (Å²) in [5.41, 5.74) is 1.76. The molecule has 0 atom stereocenters. The maximum atomic E-state index is 11.9. The Kier molecular flexibility index (Phi) is 3.45. The number of carbonyl (C=O) groups is 1. The van der Waals surface area contributed by atoms with Crippen molar-refractivity contribution in [2.24, 2.45) is 5.92 Å². The van der Waals surface area contributed by atoms with Crippen molar-refractivity contribution in [3.05, 3.63) is 5.51 Å². The molecule has 0 spiro atoms. The number of anilines is 1. The Morgan fingerprint density at radius 2 is 2.11 bits per heavy atom. The van der Waals surface area contributed by atoms with Gasteiger partial charge in [-0.1, -0.05) is 17.8 Å². The van der Waals surface area contributed by atoms with Gasteiger partial charge < -0.3 is 10.2 Å². The molecule has 6 heteroatoms. The highest BCUT2D eigenvalue weighted by molar-refractivity contribution is 7.13. The Labute approximate surface area is 111 Å². The average molecular weight is 266 g/mol. The first-order valence-corrected chi connectivity index (χ1v) is 7.52. The summed E-state index contributed by atoms with van der Waals surface area (Å²) in [6, 6.07) is 0.349. The minimum atomic E-state index is 0.274. The summed E-state index contributed by atoms with van der Waals surface area (Å²) in [4.78, 5) is 14.1. The molecule has 98 valence electrons. The molecule has 0 unspecified atom stereocenters. The maximum Gasteiger partial charge on any atom is 0.223 e. The van der Waals surface area contributed by atoms with E-state index in [0.29, 0.717) is 12.0 Å². The Hall–Kier alpha value is -1.17. The predicted molar refractivity (Wildman–Crippen MR) is 70.6 cm³/mol. The highest BCUT2D eigenvalue weighted by atomic mass is 32.1. The second kappa shape index (κ2) is 5.22. The van der Waals surface area contributed by atoms with E-state index in [9.17, 15) is 4.79 Å². The number of hydrogen-bond donors (Lipinski definition) is 1. The van der Waals surface area contributed by atoms with Crippen LogP contribution in [0.1, 0.15) is 32.1 Å². The number of nitrogens with zero attached hydrogens (tertiary/aromatic N) is 3. The summed E-state index contributed by atoms with van der Waals surface area (Å²) in [5, 5.41) is 12.1. The molecular weight excluding hydrogens is 248 g/mol. The monoisotopic (exact) mass is 266 g/mol. The largest absolute Gasteiger partial charge is 0.353 e. The topological polar surface area (TPSA) is 58.1 Å². The molecule has 2 heterocycles. The van der Waals surface area contributed by atoms with Gasteiger partial charge in [0.05, 0.1) is 0 Å². The summed E-state index contributed by atoms with van der Waals surface area (Å²) in [6.45, 7) is 1.93. The van der Waals surface area contributed by atoms with Crippen LogP contribution < -0.4 is 10.2 Å². The van der Waals surface area contributed by atoms with E-state index in [1.165, 1.54) is 6.42 Å². The van der Waals surface area contributed by atoms with E-state index in [1.54, 1.807) is 16.8 Å². The third-order valence-corrected chi connectivity index (χ3v) is 4.69. The van der Waals surface area contributed by atoms with E-state index >= 15 is 0 Å². The fourth-order valence-electron chi connectivity index (χ4n) is 2.51. The number of amides is 1. The molecule has 1 aromatic heterocycles. The van der Waals surface area contributed by atoms with Gasteiger partial charge in [0.1, 0.15) is 5.51 Å². The first kappa shape index (κ1) is 11.9. The Balaban J connectivity index is 1.46. The van der Waals surface area contributed by atoms with Gasteiger partial charge in [-0.25, -0.2) is 0 Å². The minimum Gasteiger partial charge on any atom is -0.353 e. The second-order valence-corrected chi connectivity index (χ2v) is 5.93. The molecule has 1 aliphatic carbocycles. The third-order valence-electron chi connectivity index (χ3n) is 3.94. The minimum absolute atomic E-state index is 0.274. The molecule has 2 fully saturated rings. The molecule has 0 radical (unpaired) electrons.